The molecule has 0 spiro atoms. The van der Waals surface area contributed by atoms with Gasteiger partial charge >= 0.3 is 0 Å². The molecule has 0 bridgehead atoms. The van der Waals surface area contributed by atoms with Gasteiger partial charge in [-0.25, -0.2) is 0 Å². The van der Waals surface area contributed by atoms with Crippen LogP contribution in [0.2, 0.25) is 0 Å². The number of nitrogens with one attached hydrogen (secondary N) is 1. The normalized spacial score (nSPS) is 11.4. The van der Waals surface area contributed by atoms with E-state index < -0.39 is 5.54 Å². The average Bonchev–Trinajstić information content (AvgIpc) is 2.54. The zero-order chi connectivity index (χ0) is 15.6. The molecule has 0 atom stereocenters. The highest BCUT2D eigenvalue weighted by Crippen LogP contribution is 2.23. The summed E-state index contributed by atoms with van der Waals surface area (Å²) in [5, 5.41) is 5.20. The molecule has 0 fully saturated rings. The molecule has 0 aliphatic carbocycles. The van der Waals surface area contributed by atoms with Crippen molar-refractivity contribution < 1.29 is 4.79 Å². The molecule has 3 aromatic carbocycles. The Bertz CT molecular complexity index is 801. The fourth-order valence-corrected chi connectivity index (χ4v) is 2.70. The topological polar surface area (TPSA) is 29.1 Å². The number of hydrogen-bond donors (Lipinski definition) is 1. The minimum absolute atomic E-state index is 0.0503. The van der Waals surface area contributed by atoms with E-state index in [4.69, 9.17) is 0 Å². The van der Waals surface area contributed by atoms with Gasteiger partial charge in [-0.2, -0.15) is 0 Å². The third-order valence-corrected chi connectivity index (χ3v) is 3.96. The molecule has 1 amide bonds. The van der Waals surface area contributed by atoms with Gasteiger partial charge in [-0.1, -0.05) is 66.7 Å². The summed E-state index contributed by atoms with van der Waals surface area (Å²) in [5.74, 6) is -0.0503. The van der Waals surface area contributed by atoms with Crippen LogP contribution in [-0.2, 0) is 5.54 Å². The number of fused-ring (bicyclic) bond motifs is 1. The van der Waals surface area contributed by atoms with Gasteiger partial charge in [0.05, 0.1) is 5.54 Å². The first-order valence-electron chi connectivity index (χ1n) is 7.44. The molecule has 0 heterocycles. The van der Waals surface area contributed by atoms with Crippen molar-refractivity contribution in [3.63, 3.8) is 0 Å². The van der Waals surface area contributed by atoms with Gasteiger partial charge < -0.3 is 5.32 Å². The highest BCUT2D eigenvalue weighted by molar-refractivity contribution is 6.07. The van der Waals surface area contributed by atoms with Gasteiger partial charge in [0.25, 0.3) is 5.91 Å². The average molecular weight is 289 g/mol. The van der Waals surface area contributed by atoms with Crippen molar-refractivity contribution >= 4 is 16.7 Å². The molecule has 0 radical (unpaired) electrons. The summed E-state index contributed by atoms with van der Waals surface area (Å²) < 4.78 is 0. The van der Waals surface area contributed by atoms with E-state index in [9.17, 15) is 4.79 Å². The highest BCUT2D eigenvalue weighted by Gasteiger charge is 2.23. The lowest BCUT2D eigenvalue weighted by Crippen LogP contribution is -2.41. The van der Waals surface area contributed by atoms with E-state index in [1.54, 1.807) is 0 Å². The minimum atomic E-state index is -0.421. The summed E-state index contributed by atoms with van der Waals surface area (Å²) in [6.45, 7) is 4.04. The number of amides is 1. The van der Waals surface area contributed by atoms with Gasteiger partial charge in [0.15, 0.2) is 0 Å². The van der Waals surface area contributed by atoms with Crippen LogP contribution in [0.25, 0.3) is 10.8 Å². The van der Waals surface area contributed by atoms with E-state index in [1.807, 2.05) is 86.6 Å². The van der Waals surface area contributed by atoms with Crippen molar-refractivity contribution in [2.75, 3.05) is 0 Å². The zero-order valence-corrected chi connectivity index (χ0v) is 12.8. The second-order valence-corrected chi connectivity index (χ2v) is 5.97. The van der Waals surface area contributed by atoms with Crippen molar-refractivity contribution in [3.05, 3.63) is 83.9 Å². The zero-order valence-electron chi connectivity index (χ0n) is 12.8. The van der Waals surface area contributed by atoms with E-state index in [-0.39, 0.29) is 5.91 Å². The summed E-state index contributed by atoms with van der Waals surface area (Å²) in [7, 11) is 0. The van der Waals surface area contributed by atoms with Crippen LogP contribution < -0.4 is 5.32 Å². The monoisotopic (exact) mass is 289 g/mol. The molecule has 0 unspecified atom stereocenters. The van der Waals surface area contributed by atoms with Crippen molar-refractivity contribution in [1.29, 1.82) is 0 Å². The maximum atomic E-state index is 12.7. The first-order chi connectivity index (χ1) is 10.6. The Labute approximate surface area is 130 Å². The predicted octanol–water partition coefficient (Wildman–Crippen LogP) is 4.50. The predicted molar refractivity (Wildman–Crippen MR) is 90.9 cm³/mol. The van der Waals surface area contributed by atoms with Crippen LogP contribution in [0.3, 0.4) is 0 Å². The number of carbonyl (C=O) groups is 1. The molecule has 0 aliphatic heterocycles. The largest absolute Gasteiger partial charge is 0.343 e. The quantitative estimate of drug-likeness (QED) is 0.755. The molecule has 2 nitrogen and oxygen atoms in total. The summed E-state index contributed by atoms with van der Waals surface area (Å²) in [6, 6.07) is 23.8. The minimum Gasteiger partial charge on any atom is -0.343 e. The van der Waals surface area contributed by atoms with Gasteiger partial charge in [0.1, 0.15) is 0 Å². The summed E-state index contributed by atoms with van der Waals surface area (Å²) >= 11 is 0. The van der Waals surface area contributed by atoms with Crippen LogP contribution in [0.1, 0.15) is 29.8 Å². The fourth-order valence-electron chi connectivity index (χ4n) is 2.70. The maximum absolute atomic E-state index is 12.7. The number of hydrogen-bond acceptors (Lipinski definition) is 1. The standard InChI is InChI=1S/C20H19NO/c1-20(2,16-11-4-3-5-12-16)21-19(22)18-14-8-10-15-9-6-7-13-17(15)18/h3-14H,1-2H3,(H,21,22). The van der Waals surface area contributed by atoms with Crippen molar-refractivity contribution in [2.45, 2.75) is 19.4 Å². The Morgan fingerprint density at radius 3 is 2.23 bits per heavy atom. The molecule has 0 saturated carbocycles. The first kappa shape index (κ1) is 14.3. The maximum Gasteiger partial charge on any atom is 0.252 e. The number of carbonyl (C=O) groups excluding carboxylic acids is 1. The Kier molecular flexibility index (Phi) is 3.68. The molecule has 110 valence electrons. The van der Waals surface area contributed by atoms with Gasteiger partial charge in [0.2, 0.25) is 0 Å². The van der Waals surface area contributed by atoms with Crippen LogP contribution >= 0.6 is 0 Å². The van der Waals surface area contributed by atoms with Crippen LogP contribution in [0.15, 0.2) is 72.8 Å². The molecule has 0 aliphatic rings. The van der Waals surface area contributed by atoms with Gasteiger partial charge in [-0.15, -0.1) is 0 Å². The SMILES string of the molecule is CC(C)(NC(=O)c1cccc2ccccc12)c1ccccc1. The number of benzene rings is 3. The molecule has 3 aromatic rings. The lowest BCUT2D eigenvalue weighted by molar-refractivity contribution is 0.0914. The molecular formula is C20H19NO. The highest BCUT2D eigenvalue weighted by atomic mass is 16.1. The molecule has 2 heteroatoms. The Morgan fingerprint density at radius 1 is 0.818 bits per heavy atom. The summed E-state index contributed by atoms with van der Waals surface area (Å²) in [6.07, 6.45) is 0. The molecule has 0 aromatic heterocycles. The lowest BCUT2D eigenvalue weighted by atomic mass is 9.93. The third-order valence-electron chi connectivity index (χ3n) is 3.96. The van der Waals surface area contributed by atoms with Crippen molar-refractivity contribution in [1.82, 2.24) is 5.32 Å². The van der Waals surface area contributed by atoms with E-state index in [0.717, 1.165) is 16.3 Å². The Balaban J connectivity index is 1.94. The van der Waals surface area contributed by atoms with Gasteiger partial charge in [0, 0.05) is 5.56 Å². The van der Waals surface area contributed by atoms with Gasteiger partial charge in [-0.05, 0) is 36.2 Å². The molecule has 1 N–H and O–H groups in total. The molecule has 3 rings (SSSR count). The number of rotatable bonds is 3. The summed E-state index contributed by atoms with van der Waals surface area (Å²) in [4.78, 5) is 12.7. The third kappa shape index (κ3) is 2.73. The summed E-state index contributed by atoms with van der Waals surface area (Å²) in [5.41, 5.74) is 1.38. The second-order valence-electron chi connectivity index (χ2n) is 5.97. The van der Waals surface area contributed by atoms with Crippen molar-refractivity contribution in [3.8, 4) is 0 Å². The Hall–Kier alpha value is -2.61. The van der Waals surface area contributed by atoms with E-state index in [0.29, 0.717) is 5.56 Å². The van der Waals surface area contributed by atoms with Gasteiger partial charge in [-0.3, -0.25) is 4.79 Å². The van der Waals surface area contributed by atoms with E-state index >= 15 is 0 Å². The van der Waals surface area contributed by atoms with Crippen molar-refractivity contribution in [2.24, 2.45) is 0 Å². The van der Waals surface area contributed by atoms with Crippen LogP contribution in [0, 0.1) is 0 Å². The fraction of sp³-hybridized carbons (Fsp3) is 0.150. The molecule has 0 saturated heterocycles. The Morgan fingerprint density at radius 2 is 1.45 bits per heavy atom. The molecular weight excluding hydrogens is 270 g/mol. The molecule has 22 heavy (non-hydrogen) atoms. The van der Waals surface area contributed by atoms with Crippen LogP contribution in [0.5, 0.6) is 0 Å². The lowest BCUT2D eigenvalue weighted by Gasteiger charge is -2.27. The first-order valence-corrected chi connectivity index (χ1v) is 7.44. The van der Waals surface area contributed by atoms with Crippen LogP contribution in [-0.4, -0.2) is 5.91 Å². The van der Waals surface area contributed by atoms with Crippen LogP contribution in [0.4, 0.5) is 0 Å². The second kappa shape index (κ2) is 5.64. The van der Waals surface area contributed by atoms with E-state index in [1.165, 1.54) is 0 Å². The van der Waals surface area contributed by atoms with E-state index in [2.05, 4.69) is 5.32 Å². The smallest absolute Gasteiger partial charge is 0.252 e.